The minimum Gasteiger partial charge on any atom is -0.339 e. The third-order valence-electron chi connectivity index (χ3n) is 5.90. The van der Waals surface area contributed by atoms with E-state index in [9.17, 15) is 4.79 Å². The summed E-state index contributed by atoms with van der Waals surface area (Å²) in [5, 5.41) is 3.68. The molecule has 4 nitrogen and oxygen atoms in total. The lowest BCUT2D eigenvalue weighted by Crippen LogP contribution is -2.45. The SMILES string of the molecule is CCN(Cc1ccc(C(=O)N2CCC(NCC3CC3)CC2)cc1)C(C)C. The number of carbonyl (C=O) groups excluding carboxylic acids is 1. The van der Waals surface area contributed by atoms with Crippen molar-refractivity contribution in [3.8, 4) is 0 Å². The van der Waals surface area contributed by atoms with Crippen LogP contribution in [0.2, 0.25) is 0 Å². The van der Waals surface area contributed by atoms with Gasteiger partial charge in [-0.3, -0.25) is 9.69 Å². The van der Waals surface area contributed by atoms with Crippen molar-refractivity contribution < 1.29 is 4.79 Å². The van der Waals surface area contributed by atoms with E-state index in [0.717, 1.165) is 50.5 Å². The Morgan fingerprint density at radius 2 is 1.81 bits per heavy atom. The van der Waals surface area contributed by atoms with E-state index in [2.05, 4.69) is 43.1 Å². The highest BCUT2D eigenvalue weighted by Crippen LogP contribution is 2.28. The Kier molecular flexibility index (Phi) is 6.71. The van der Waals surface area contributed by atoms with E-state index in [1.165, 1.54) is 24.9 Å². The van der Waals surface area contributed by atoms with Gasteiger partial charge in [-0.05, 0) is 76.2 Å². The summed E-state index contributed by atoms with van der Waals surface area (Å²) in [6.45, 7) is 11.6. The second kappa shape index (κ2) is 9.01. The smallest absolute Gasteiger partial charge is 0.253 e. The summed E-state index contributed by atoms with van der Waals surface area (Å²) in [5.74, 6) is 1.11. The third-order valence-corrected chi connectivity index (χ3v) is 5.90. The van der Waals surface area contributed by atoms with Crippen molar-refractivity contribution in [3.63, 3.8) is 0 Å². The monoisotopic (exact) mass is 357 g/mol. The second-order valence-corrected chi connectivity index (χ2v) is 8.27. The van der Waals surface area contributed by atoms with Crippen LogP contribution in [-0.4, -0.2) is 54.0 Å². The molecule has 1 aliphatic carbocycles. The lowest BCUT2D eigenvalue weighted by molar-refractivity contribution is 0.0705. The molecule has 1 aromatic rings. The Morgan fingerprint density at radius 1 is 1.15 bits per heavy atom. The van der Waals surface area contributed by atoms with Crippen molar-refractivity contribution in [2.75, 3.05) is 26.2 Å². The Morgan fingerprint density at radius 3 is 2.35 bits per heavy atom. The fraction of sp³-hybridized carbons (Fsp3) is 0.682. The topological polar surface area (TPSA) is 35.6 Å². The first-order valence-electron chi connectivity index (χ1n) is 10.4. The molecule has 0 unspecified atom stereocenters. The van der Waals surface area contributed by atoms with Crippen LogP contribution in [0.3, 0.4) is 0 Å². The largest absolute Gasteiger partial charge is 0.339 e. The maximum absolute atomic E-state index is 12.8. The second-order valence-electron chi connectivity index (χ2n) is 8.27. The van der Waals surface area contributed by atoms with Gasteiger partial charge in [-0.15, -0.1) is 0 Å². The van der Waals surface area contributed by atoms with Gasteiger partial charge in [-0.2, -0.15) is 0 Å². The molecule has 144 valence electrons. The van der Waals surface area contributed by atoms with Gasteiger partial charge in [0.25, 0.3) is 5.91 Å². The lowest BCUT2D eigenvalue weighted by atomic mass is 10.0. The van der Waals surface area contributed by atoms with Crippen LogP contribution in [-0.2, 0) is 6.54 Å². The number of amides is 1. The van der Waals surface area contributed by atoms with Crippen molar-refractivity contribution >= 4 is 5.91 Å². The predicted octanol–water partition coefficient (Wildman–Crippen LogP) is 3.52. The zero-order valence-electron chi connectivity index (χ0n) is 16.7. The van der Waals surface area contributed by atoms with Crippen LogP contribution in [0.25, 0.3) is 0 Å². The molecule has 1 saturated carbocycles. The summed E-state index contributed by atoms with van der Waals surface area (Å²) in [6.07, 6.45) is 4.95. The molecule has 1 aromatic carbocycles. The Bertz CT molecular complexity index is 572. The van der Waals surface area contributed by atoms with Gasteiger partial charge in [0.05, 0.1) is 0 Å². The fourth-order valence-corrected chi connectivity index (χ4v) is 3.77. The van der Waals surface area contributed by atoms with Crippen molar-refractivity contribution in [3.05, 3.63) is 35.4 Å². The molecule has 0 spiro atoms. The standard InChI is InChI=1S/C22H35N3O/c1-4-24(17(2)3)16-19-7-9-20(10-8-19)22(26)25-13-11-21(12-14-25)23-15-18-5-6-18/h7-10,17-18,21,23H,4-6,11-16H2,1-3H3. The summed E-state index contributed by atoms with van der Waals surface area (Å²) in [5.41, 5.74) is 2.10. The van der Waals surface area contributed by atoms with E-state index in [0.29, 0.717) is 12.1 Å². The van der Waals surface area contributed by atoms with Gasteiger partial charge in [0.15, 0.2) is 0 Å². The number of rotatable bonds is 8. The van der Waals surface area contributed by atoms with Crippen molar-refractivity contribution in [2.45, 2.75) is 65.1 Å². The molecule has 2 aliphatic rings. The lowest BCUT2D eigenvalue weighted by Gasteiger charge is -2.32. The van der Waals surface area contributed by atoms with Gasteiger partial charge in [0.1, 0.15) is 0 Å². The van der Waals surface area contributed by atoms with Crippen molar-refractivity contribution in [1.82, 2.24) is 15.1 Å². The maximum Gasteiger partial charge on any atom is 0.253 e. The van der Waals surface area contributed by atoms with E-state index in [1.807, 2.05) is 17.0 Å². The zero-order chi connectivity index (χ0) is 18.5. The Labute approximate surface area is 158 Å². The predicted molar refractivity (Wildman–Crippen MR) is 107 cm³/mol. The molecule has 0 bridgehead atoms. The van der Waals surface area contributed by atoms with Crippen LogP contribution < -0.4 is 5.32 Å². The summed E-state index contributed by atoms with van der Waals surface area (Å²) in [7, 11) is 0. The first-order valence-corrected chi connectivity index (χ1v) is 10.4. The highest BCUT2D eigenvalue weighted by molar-refractivity contribution is 5.94. The minimum atomic E-state index is 0.188. The maximum atomic E-state index is 12.8. The van der Waals surface area contributed by atoms with Gasteiger partial charge in [-0.25, -0.2) is 0 Å². The number of carbonyl (C=O) groups is 1. The summed E-state index contributed by atoms with van der Waals surface area (Å²) < 4.78 is 0. The van der Waals surface area contributed by atoms with E-state index in [-0.39, 0.29) is 5.91 Å². The highest BCUT2D eigenvalue weighted by atomic mass is 16.2. The molecule has 1 N–H and O–H groups in total. The van der Waals surface area contributed by atoms with Crippen LogP contribution in [0.15, 0.2) is 24.3 Å². The fourth-order valence-electron chi connectivity index (χ4n) is 3.77. The molecular formula is C22H35N3O. The summed E-state index contributed by atoms with van der Waals surface area (Å²) in [6, 6.07) is 9.37. The van der Waals surface area contributed by atoms with Gasteiger partial charge in [0.2, 0.25) is 0 Å². The number of piperidine rings is 1. The normalized spacial score (nSPS) is 18.7. The van der Waals surface area contributed by atoms with Gasteiger partial charge in [-0.1, -0.05) is 19.1 Å². The van der Waals surface area contributed by atoms with Crippen molar-refractivity contribution in [1.29, 1.82) is 0 Å². The van der Waals surface area contributed by atoms with Crippen LogP contribution in [0.1, 0.15) is 62.4 Å². The average molecular weight is 358 g/mol. The number of hydrogen-bond acceptors (Lipinski definition) is 3. The first-order chi connectivity index (χ1) is 12.6. The molecule has 0 atom stereocenters. The molecule has 0 radical (unpaired) electrons. The first kappa shape index (κ1) is 19.4. The summed E-state index contributed by atoms with van der Waals surface area (Å²) in [4.78, 5) is 17.2. The average Bonchev–Trinajstić information content (AvgIpc) is 3.49. The van der Waals surface area contributed by atoms with Gasteiger partial charge >= 0.3 is 0 Å². The van der Waals surface area contributed by atoms with E-state index in [4.69, 9.17) is 0 Å². The molecule has 4 heteroatoms. The van der Waals surface area contributed by atoms with Gasteiger partial charge < -0.3 is 10.2 Å². The molecule has 1 aliphatic heterocycles. The molecule has 1 saturated heterocycles. The quantitative estimate of drug-likeness (QED) is 0.773. The highest BCUT2D eigenvalue weighted by Gasteiger charge is 2.26. The number of likely N-dealkylation sites (tertiary alicyclic amines) is 1. The molecule has 2 fully saturated rings. The van der Waals surface area contributed by atoms with Gasteiger partial charge in [0, 0.05) is 37.3 Å². The number of nitrogens with one attached hydrogen (secondary N) is 1. The minimum absolute atomic E-state index is 0.188. The van der Waals surface area contributed by atoms with Crippen LogP contribution in [0, 0.1) is 5.92 Å². The molecule has 3 rings (SSSR count). The van der Waals surface area contributed by atoms with Crippen LogP contribution >= 0.6 is 0 Å². The van der Waals surface area contributed by atoms with E-state index < -0.39 is 0 Å². The molecular weight excluding hydrogens is 322 g/mol. The van der Waals surface area contributed by atoms with Crippen molar-refractivity contribution in [2.24, 2.45) is 5.92 Å². The Balaban J connectivity index is 1.48. The number of benzene rings is 1. The van der Waals surface area contributed by atoms with Crippen LogP contribution in [0.5, 0.6) is 0 Å². The summed E-state index contributed by atoms with van der Waals surface area (Å²) >= 11 is 0. The third kappa shape index (κ3) is 5.31. The van der Waals surface area contributed by atoms with Crippen LogP contribution in [0.4, 0.5) is 0 Å². The molecule has 0 aromatic heterocycles. The molecule has 1 amide bonds. The number of hydrogen-bond donors (Lipinski definition) is 1. The number of nitrogens with zero attached hydrogens (tertiary/aromatic N) is 2. The zero-order valence-corrected chi connectivity index (χ0v) is 16.7. The van der Waals surface area contributed by atoms with E-state index >= 15 is 0 Å². The molecule has 26 heavy (non-hydrogen) atoms. The van der Waals surface area contributed by atoms with E-state index in [1.54, 1.807) is 0 Å². The molecule has 1 heterocycles. The Hall–Kier alpha value is -1.39.